The lowest BCUT2D eigenvalue weighted by Crippen LogP contribution is -2.68. The number of nitrogens with one attached hydrogen (secondary N) is 2. The van der Waals surface area contributed by atoms with E-state index in [1.165, 1.54) is 16.3 Å². The van der Waals surface area contributed by atoms with E-state index in [2.05, 4.69) is 72.3 Å². The highest BCUT2D eigenvalue weighted by atomic mass is 32.1. The van der Waals surface area contributed by atoms with Gasteiger partial charge in [-0.1, -0.05) is 33.8 Å². The van der Waals surface area contributed by atoms with Gasteiger partial charge in [-0.3, -0.25) is 24.4 Å². The van der Waals surface area contributed by atoms with Crippen LogP contribution in [0.3, 0.4) is 0 Å². The normalized spacial score (nSPS) is 22.4. The number of carbonyl (C=O) groups excluding carboxylic acids is 4. The van der Waals surface area contributed by atoms with Gasteiger partial charge in [0.2, 0.25) is 5.91 Å². The van der Waals surface area contributed by atoms with E-state index in [0.29, 0.717) is 49.8 Å². The van der Waals surface area contributed by atoms with E-state index in [4.69, 9.17) is 19.4 Å². The van der Waals surface area contributed by atoms with Gasteiger partial charge >= 0.3 is 12.0 Å². The van der Waals surface area contributed by atoms with Crippen molar-refractivity contribution in [1.82, 2.24) is 45.0 Å². The number of likely N-dealkylation sites (tertiary alicyclic amines) is 2. The molecule has 7 heterocycles. The van der Waals surface area contributed by atoms with Gasteiger partial charge in [-0.05, 0) is 94.8 Å². The average molecular weight is 1030 g/mol. The molecule has 4 aliphatic heterocycles. The second kappa shape index (κ2) is 23.6. The zero-order valence-corrected chi connectivity index (χ0v) is 45.7. The molecule has 3 aromatic heterocycles. The van der Waals surface area contributed by atoms with Crippen LogP contribution in [0.1, 0.15) is 83.2 Å². The summed E-state index contributed by atoms with van der Waals surface area (Å²) >= 11 is 1.44. The van der Waals surface area contributed by atoms with Crippen LogP contribution in [0.15, 0.2) is 41.9 Å². The maximum Gasteiger partial charge on any atom is 0.324 e. The number of amides is 4. The number of piperidine rings is 1. The summed E-state index contributed by atoms with van der Waals surface area (Å²) in [6.07, 6.45) is 4.38. The van der Waals surface area contributed by atoms with Crippen molar-refractivity contribution in [3.63, 3.8) is 0 Å². The van der Waals surface area contributed by atoms with Gasteiger partial charge in [-0.25, -0.2) is 15.2 Å². The van der Waals surface area contributed by atoms with E-state index < -0.39 is 35.4 Å². The first-order valence-electron chi connectivity index (χ1n) is 22.9. The number of thiazole rings is 1. The molecule has 20 heteroatoms. The minimum absolute atomic E-state index is 0. The Morgan fingerprint density at radius 2 is 1.82 bits per heavy atom. The van der Waals surface area contributed by atoms with Crippen molar-refractivity contribution in [3.05, 3.63) is 58.2 Å². The Hall–Kier alpha value is -3.50. The topological polar surface area (TPSA) is 154 Å². The molecule has 15 nitrogen and oxygen atoms in total. The Balaban J connectivity index is 0.00000252. The van der Waals surface area contributed by atoms with Gasteiger partial charge in [-0.15, -0.1) is 11.3 Å². The van der Waals surface area contributed by atoms with E-state index in [0.717, 1.165) is 64.2 Å². The molecule has 2 N–H and O–H groups in total. The van der Waals surface area contributed by atoms with Crippen molar-refractivity contribution < 1.29 is 28.7 Å². The molecule has 4 amide bonds. The van der Waals surface area contributed by atoms with Crippen LogP contribution in [0, 0.1) is 17.3 Å². The van der Waals surface area contributed by atoms with Gasteiger partial charge in [0.1, 0.15) is 18.1 Å². The number of ether oxygens (including phenoxy) is 2. The molecule has 6 bridgehead atoms. The lowest BCUT2D eigenvalue weighted by molar-refractivity contribution is -0.155. The number of methoxy groups -OCH3 is 1. The number of pyridine rings is 1. The van der Waals surface area contributed by atoms with Gasteiger partial charge in [0.05, 0.1) is 40.8 Å². The Kier molecular flexibility index (Phi) is 19.8. The zero-order chi connectivity index (χ0) is 45.6. The molecule has 68 heavy (non-hydrogen) atoms. The van der Waals surface area contributed by atoms with Crippen molar-refractivity contribution in [1.29, 1.82) is 0 Å². The number of aryl methyl sites for hydroxylation is 1. The highest BCUT2D eigenvalue weighted by Crippen LogP contribution is 2.42. The van der Waals surface area contributed by atoms with Gasteiger partial charge in [0.15, 0.2) is 0 Å². The van der Waals surface area contributed by atoms with Gasteiger partial charge < -0.3 is 34.1 Å². The number of benzene rings is 1. The molecular weight excluding hydrogens is 959 g/mol. The first kappa shape index (κ1) is 57.1. The van der Waals surface area contributed by atoms with E-state index in [-0.39, 0.29) is 97.0 Å². The number of aromatic nitrogens is 3. The number of cyclic esters (lactones) is 1. The van der Waals surface area contributed by atoms with Crippen molar-refractivity contribution >= 4 is 100 Å². The van der Waals surface area contributed by atoms with E-state index in [1.807, 2.05) is 37.1 Å². The molecular formula is C48H73N9O6S5. The maximum atomic E-state index is 14.6. The fourth-order valence-corrected chi connectivity index (χ4v) is 11.1. The molecule has 8 rings (SSSR count). The Morgan fingerprint density at radius 3 is 2.53 bits per heavy atom. The summed E-state index contributed by atoms with van der Waals surface area (Å²) < 4.78 is 14.3. The van der Waals surface area contributed by atoms with Crippen LogP contribution in [0.5, 0.6) is 0 Å². The van der Waals surface area contributed by atoms with Gasteiger partial charge in [0, 0.05) is 85.8 Å². The second-order valence-electron chi connectivity index (χ2n) is 19.4. The third-order valence-electron chi connectivity index (χ3n) is 13.8. The van der Waals surface area contributed by atoms with E-state index in [9.17, 15) is 19.2 Å². The third kappa shape index (κ3) is 11.5. The van der Waals surface area contributed by atoms with Crippen LogP contribution in [-0.4, -0.2) is 136 Å². The lowest BCUT2D eigenvalue weighted by Gasteiger charge is -2.54. The molecule has 0 aliphatic carbocycles. The Labute approximate surface area is 433 Å². The van der Waals surface area contributed by atoms with Gasteiger partial charge in [-0.2, -0.15) is 54.0 Å². The fourth-order valence-electron chi connectivity index (χ4n) is 10.2. The van der Waals surface area contributed by atoms with Crippen molar-refractivity contribution in [2.45, 2.75) is 110 Å². The minimum atomic E-state index is -1.03. The smallest absolute Gasteiger partial charge is 0.324 e. The Bertz CT molecular complexity index is 2410. The predicted octanol–water partition coefficient (Wildman–Crippen LogP) is 6.37. The summed E-state index contributed by atoms with van der Waals surface area (Å²) in [6, 6.07) is 7.81. The number of urea groups is 1. The molecule has 4 aromatic rings. The first-order valence-corrected chi connectivity index (χ1v) is 23.8. The highest BCUT2D eigenvalue weighted by Gasteiger charge is 2.47. The number of rotatable bonds is 8. The molecule has 6 atom stereocenters. The summed E-state index contributed by atoms with van der Waals surface area (Å²) in [6.45, 7) is 15.9. The summed E-state index contributed by atoms with van der Waals surface area (Å²) in [7, 11) is 5.45. The molecule has 4 aliphatic rings. The van der Waals surface area contributed by atoms with E-state index >= 15 is 0 Å². The van der Waals surface area contributed by atoms with Crippen molar-refractivity contribution in [2.24, 2.45) is 17.3 Å². The largest absolute Gasteiger partial charge is 0.464 e. The summed E-state index contributed by atoms with van der Waals surface area (Å²) in [4.78, 5) is 72.6. The predicted molar refractivity (Wildman–Crippen MR) is 289 cm³/mol. The molecule has 0 spiro atoms. The van der Waals surface area contributed by atoms with Crippen LogP contribution < -0.4 is 10.7 Å². The van der Waals surface area contributed by atoms with Gasteiger partial charge in [0.25, 0.3) is 5.91 Å². The van der Waals surface area contributed by atoms with Crippen LogP contribution in [-0.2, 0) is 43.2 Å². The summed E-state index contributed by atoms with van der Waals surface area (Å²) in [5, 5.41) is 8.27. The standard InChI is InChI=1S/C48H65N9O6S.4H2S/c1-10-55-38-16-15-30-21-33(38)34(43(55)32-13-11-18-49-41(32)29(4)62-9)23-48(5,6)27-63-46(60)35-14-12-19-57(52-35)45(59)36(22-40-50-37(30)26-64-40)51-44(58)42(28(2)3)54(8)47(61)56-24-31-17-20-53(7)25-39(31)56;;;;/h11,13,15-16,18,21,26,28-29,31,35-36,39,42,52H,10,12,14,17,19-20,22-25,27H2,1-9H3,(H,51,58);4*1H2/t29-,31?,35-,36-,39?,42-;;;;/m0..../s1. The van der Waals surface area contributed by atoms with Crippen LogP contribution in [0.2, 0.25) is 0 Å². The number of nitrogens with zero attached hydrogens (tertiary/aromatic N) is 7. The number of carbonyl (C=O) groups is 4. The lowest BCUT2D eigenvalue weighted by atomic mass is 9.82. The fraction of sp³-hybridized carbons (Fsp3) is 0.583. The van der Waals surface area contributed by atoms with Crippen LogP contribution in [0.4, 0.5) is 4.79 Å². The van der Waals surface area contributed by atoms with Crippen molar-refractivity contribution in [3.8, 4) is 22.5 Å². The molecule has 3 saturated heterocycles. The first-order chi connectivity index (χ1) is 30.6. The molecule has 0 saturated carbocycles. The Morgan fingerprint density at radius 1 is 1.07 bits per heavy atom. The third-order valence-corrected chi connectivity index (χ3v) is 14.6. The molecule has 1 aromatic carbocycles. The number of likely N-dealkylation sites (N-methyl/N-ethyl adjacent to an activating group) is 2. The minimum Gasteiger partial charge on any atom is -0.464 e. The number of fused-ring (bicyclic) bond motifs is 7. The zero-order valence-electron chi connectivity index (χ0n) is 40.8. The van der Waals surface area contributed by atoms with Crippen LogP contribution >= 0.6 is 65.3 Å². The quantitative estimate of drug-likeness (QED) is 0.191. The number of hydrazine groups is 1. The molecule has 0 radical (unpaired) electrons. The van der Waals surface area contributed by atoms with Crippen LogP contribution in [0.25, 0.3) is 33.4 Å². The highest BCUT2D eigenvalue weighted by molar-refractivity contribution is 7.59. The number of hydrogen-bond donors (Lipinski definition) is 2. The monoisotopic (exact) mass is 1030 g/mol. The number of esters is 1. The second-order valence-corrected chi connectivity index (χ2v) is 20.3. The van der Waals surface area contributed by atoms with Crippen molar-refractivity contribution in [2.75, 3.05) is 54.0 Å². The molecule has 2 unspecified atom stereocenters. The SMILES string of the molecule is CCn1c(-c2cccnc2[C@H](C)OC)c2c3cc(ccc31)-c1csc(n1)C[C@H](NC(=O)[C@H](C(C)C)N(C)C(=O)N1CC3CCN(C)CC31)C(=O)N1CCC[C@H](N1)C(=O)OCC(C)(C)C2.S.S.S.S. The summed E-state index contributed by atoms with van der Waals surface area (Å²) in [5.74, 6) is -0.999. The molecule has 3 fully saturated rings. The summed E-state index contributed by atoms with van der Waals surface area (Å²) in [5.41, 5.74) is 9.43. The van der Waals surface area contributed by atoms with E-state index in [1.54, 1.807) is 25.3 Å². The maximum absolute atomic E-state index is 14.6. The number of hydrogen-bond acceptors (Lipinski definition) is 11. The average Bonchev–Trinajstić information content (AvgIpc) is 3.87. The molecule has 376 valence electrons.